The number of benzene rings is 1. The minimum absolute atomic E-state index is 0. The Labute approximate surface area is 688 Å². The average Bonchev–Trinajstić information content (AvgIpc) is 1.68. The Morgan fingerprint density at radius 3 is 1.64 bits per heavy atom. The van der Waals surface area contributed by atoms with Crippen LogP contribution in [0.3, 0.4) is 0 Å². The number of nitrogens with two attached hydrogens (primary N) is 2. The van der Waals surface area contributed by atoms with E-state index in [9.17, 15) is 113 Å². The Balaban J connectivity index is 0.0000354. The molecule has 1 aromatic rings. The van der Waals surface area contributed by atoms with Gasteiger partial charge < -0.3 is 125 Å². The third kappa shape index (κ3) is 34.5. The molecule has 662 valence electrons. The number of hydrogen-bond acceptors (Lipinski definition) is 25. The summed E-state index contributed by atoms with van der Waals surface area (Å²) in [4.78, 5) is 213. The molecule has 39 nitrogen and oxygen atoms in total. The van der Waals surface area contributed by atoms with E-state index < -0.39 is 243 Å². The van der Waals surface area contributed by atoms with E-state index in [1.807, 2.05) is 0 Å². The molecule has 0 radical (unpaired) electrons. The first-order chi connectivity index (χ1) is 54.8. The zero-order valence-electron chi connectivity index (χ0n) is 68.2. The van der Waals surface area contributed by atoms with Crippen molar-refractivity contribution in [2.24, 2.45) is 17.4 Å². The highest BCUT2D eigenvalue weighted by atomic mass is 35.5. The Morgan fingerprint density at radius 2 is 1.07 bits per heavy atom. The lowest BCUT2D eigenvalue weighted by atomic mass is 9.99. The van der Waals surface area contributed by atoms with E-state index in [1.54, 1.807) is 0 Å². The number of ether oxygens (including phenoxy) is 1. The summed E-state index contributed by atoms with van der Waals surface area (Å²) in [7, 11) is 0. The van der Waals surface area contributed by atoms with Crippen molar-refractivity contribution in [3.05, 3.63) is 29.8 Å². The van der Waals surface area contributed by atoms with E-state index >= 15 is 0 Å². The van der Waals surface area contributed by atoms with Crippen molar-refractivity contribution in [1.29, 1.82) is 0 Å². The van der Waals surface area contributed by atoms with Crippen LogP contribution in [-0.4, -0.2) is 287 Å². The number of nitrogens with zero attached hydrogens (tertiary/aromatic N) is 2. The third-order valence-corrected chi connectivity index (χ3v) is 20.4. The normalized spacial score (nSPS) is 26.7. The number of halogens is 1. The summed E-state index contributed by atoms with van der Waals surface area (Å²) < 4.78 is 6.05. The number of aliphatic hydroxyl groups excluding tert-OH is 7. The second-order valence-electron chi connectivity index (χ2n) is 30.8. The molecule has 0 bridgehead atoms. The van der Waals surface area contributed by atoms with Gasteiger partial charge in [0.15, 0.2) is 0 Å². The summed E-state index contributed by atoms with van der Waals surface area (Å²) in [6, 6.07) is -14.6. The maximum Gasteiger partial charge on any atom is 0.328 e. The van der Waals surface area contributed by atoms with Gasteiger partial charge in [-0.1, -0.05) is 104 Å². The second kappa shape index (κ2) is 52.1. The lowest BCUT2D eigenvalue weighted by Gasteiger charge is -2.34. The van der Waals surface area contributed by atoms with Crippen LogP contribution in [0.25, 0.3) is 0 Å². The number of amides is 14. The number of primary amides is 1. The molecule has 0 spiro atoms. The molecule has 3 aliphatic rings. The van der Waals surface area contributed by atoms with Crippen LogP contribution in [0.4, 0.5) is 0 Å². The lowest BCUT2D eigenvalue weighted by molar-refractivity contribution is -0.155. The number of phenolic OH excluding ortho intramolecular Hbond substituents is 1. The first kappa shape index (κ1) is 102. The fourth-order valence-corrected chi connectivity index (χ4v) is 13.7. The first-order valence-electron chi connectivity index (χ1n) is 40.4. The number of rotatable bonds is 31. The van der Waals surface area contributed by atoms with Crippen LogP contribution < -0.4 is 70.0 Å². The van der Waals surface area contributed by atoms with Crippen molar-refractivity contribution in [2.45, 2.75) is 318 Å². The van der Waals surface area contributed by atoms with Crippen molar-refractivity contribution < 1.29 is 118 Å². The molecule has 1 aromatic carbocycles. The zero-order valence-corrected chi connectivity index (χ0v) is 69.0. The van der Waals surface area contributed by atoms with Crippen molar-refractivity contribution in [1.82, 2.24) is 68.3 Å². The van der Waals surface area contributed by atoms with Crippen LogP contribution in [0, 0.1) is 5.92 Å². The SMILES string of the molecule is CCCCCCCCCCCCC[C@@H]1CC(=O)N[C@H]([C@@H](C)O)C(=O)N[C@H](C)C(=O)N[C@@H](Cc2ccc(O)cc2)C(=O)N[C@@H](C(C)C)C(=O)N2C[C@H](O)C[C@H]2C(=O)N[C@H]([C@@H](C)O)C(=O)N[C@@H]([C@@H](C)O)C(=O)N2CC[C@H](O)[C@H]2C(=O)N[C@@H]([C@H](O)CC(N)=O)C(=O)NCC(=O)N[C@H]([C@@H](C)O)C(=O)N[C@@H](CCCNC(=O)CCCCCN)C(=O)O1.Cl. The molecule has 40 heteroatoms. The van der Waals surface area contributed by atoms with Crippen LogP contribution in [0.1, 0.15) is 202 Å². The Bertz CT molecular complexity index is 3430. The topological polar surface area (TPSA) is 618 Å². The molecule has 19 atom stereocenters. The van der Waals surface area contributed by atoms with Gasteiger partial charge in [0.25, 0.3) is 0 Å². The van der Waals surface area contributed by atoms with E-state index in [1.165, 1.54) is 45.0 Å². The fraction of sp³-hybridized carbons (Fsp3) is 0.727. The van der Waals surface area contributed by atoms with E-state index in [0.29, 0.717) is 49.1 Å². The molecule has 3 saturated heterocycles. The molecule has 3 heterocycles. The first-order valence-corrected chi connectivity index (χ1v) is 40.4. The van der Waals surface area contributed by atoms with Crippen LogP contribution in [0.2, 0.25) is 0 Å². The van der Waals surface area contributed by atoms with E-state index in [2.05, 4.69) is 65.4 Å². The average molecular weight is 1680 g/mol. The highest BCUT2D eigenvalue weighted by Crippen LogP contribution is 2.25. The molecule has 14 amide bonds. The van der Waals surface area contributed by atoms with E-state index in [4.69, 9.17) is 16.2 Å². The third-order valence-electron chi connectivity index (χ3n) is 20.4. The predicted octanol–water partition coefficient (Wildman–Crippen LogP) is -4.37. The van der Waals surface area contributed by atoms with E-state index in [-0.39, 0.29) is 69.1 Å². The number of hydrogen-bond donors (Lipinski definition) is 21. The van der Waals surface area contributed by atoms with Crippen molar-refractivity contribution in [3.8, 4) is 5.75 Å². The van der Waals surface area contributed by atoms with Gasteiger partial charge in [0.2, 0.25) is 82.7 Å². The van der Waals surface area contributed by atoms with Gasteiger partial charge in [0, 0.05) is 38.9 Å². The van der Waals surface area contributed by atoms with Gasteiger partial charge in [0.1, 0.15) is 78.3 Å². The van der Waals surface area contributed by atoms with Crippen LogP contribution in [0.5, 0.6) is 5.75 Å². The predicted molar refractivity (Wildman–Crippen MR) is 424 cm³/mol. The molecular formula is C77H128ClN15O24. The number of nitrogens with one attached hydrogen (secondary N) is 11. The standard InChI is InChI=1S/C77H127N15O24.ClH/c1-9-10-11-12-13-14-15-16-17-18-20-24-50-37-58(103)85-61(43(5)93)71(109)82-42(4)67(105)84-52(35-47-27-29-48(97)30-28-47)68(106)87-60(41(2)3)75(113)92-40-49(98)36-53(92)69(107)88-63(45(7)95)73(111)89-64(46(8)96)76(114)91-34-31-54(99)66(91)74(112)90-65(55(100)38-56(79)101)70(108)81-39-59(104)86-62(44(6)94)72(110)83-51(77(115)116-50)25-23-33-80-57(102)26-21-19-22-32-78;/h27-30,41-46,49-55,60-66,93-100H,9-26,31-40,78H2,1-8H3,(H2,79,101)(H,80,102)(H,81,108)(H,82,109)(H,83,110)(H,84,105)(H,85,103)(H,86,104)(H,87,106)(H,88,107)(H,89,111)(H,90,112);1H/t42-,43-,44-,45-,46-,49-,50-,51+,52+,53+,54+,55-,60+,61-,62-,63-,64+,65+,66+;/m1./s1. The number of esters is 1. The highest BCUT2D eigenvalue weighted by molar-refractivity contribution is 6.00. The molecule has 3 fully saturated rings. The number of aromatic hydroxyl groups is 1. The van der Waals surface area contributed by atoms with Gasteiger partial charge in [0.05, 0.1) is 62.1 Å². The Kier molecular flexibility index (Phi) is 45.5. The largest absolute Gasteiger partial charge is 0.508 e. The van der Waals surface area contributed by atoms with Crippen molar-refractivity contribution in [3.63, 3.8) is 0 Å². The number of aliphatic hydroxyl groups is 7. The number of cyclic esters (lactones) is 1. The maximum absolute atomic E-state index is 14.8. The van der Waals surface area contributed by atoms with Gasteiger partial charge >= 0.3 is 5.97 Å². The minimum Gasteiger partial charge on any atom is -0.508 e. The number of fused-ring (bicyclic) bond motifs is 2. The lowest BCUT2D eigenvalue weighted by Crippen LogP contribution is -2.64. The summed E-state index contributed by atoms with van der Waals surface area (Å²) >= 11 is 0. The summed E-state index contributed by atoms with van der Waals surface area (Å²) in [5.41, 5.74) is 11.3. The number of carbonyl (C=O) groups excluding carboxylic acids is 15. The van der Waals surface area contributed by atoms with Crippen LogP contribution in [0.15, 0.2) is 24.3 Å². The summed E-state index contributed by atoms with van der Waals surface area (Å²) in [5.74, 6) is -17.7. The molecular weight excluding hydrogens is 1550 g/mol. The van der Waals surface area contributed by atoms with Gasteiger partial charge in [-0.3, -0.25) is 67.1 Å². The van der Waals surface area contributed by atoms with Crippen LogP contribution in [-0.2, 0) is 83.1 Å². The minimum atomic E-state index is -2.24. The van der Waals surface area contributed by atoms with Crippen LogP contribution >= 0.6 is 12.4 Å². The number of phenols is 1. The molecule has 0 saturated carbocycles. The van der Waals surface area contributed by atoms with Gasteiger partial charge in [-0.15, -0.1) is 12.4 Å². The second-order valence-corrected chi connectivity index (χ2v) is 30.8. The number of carbonyl (C=O) groups is 15. The van der Waals surface area contributed by atoms with Gasteiger partial charge in [-0.25, -0.2) is 4.79 Å². The summed E-state index contributed by atoms with van der Waals surface area (Å²) in [6.45, 7) is 9.01. The Hall–Kier alpha value is -8.96. The summed E-state index contributed by atoms with van der Waals surface area (Å²) in [5, 5.41) is 114. The molecule has 117 heavy (non-hydrogen) atoms. The smallest absolute Gasteiger partial charge is 0.328 e. The van der Waals surface area contributed by atoms with E-state index in [0.717, 1.165) is 90.4 Å². The molecule has 0 aromatic heterocycles. The molecule has 0 unspecified atom stereocenters. The molecule has 0 aliphatic carbocycles. The fourth-order valence-electron chi connectivity index (χ4n) is 13.7. The molecule has 23 N–H and O–H groups in total. The van der Waals surface area contributed by atoms with Gasteiger partial charge in [-0.2, -0.15) is 0 Å². The molecule has 4 rings (SSSR count). The summed E-state index contributed by atoms with van der Waals surface area (Å²) in [6.07, 6.45) is -4.63. The van der Waals surface area contributed by atoms with Crippen molar-refractivity contribution in [2.75, 3.05) is 32.7 Å². The zero-order chi connectivity index (χ0) is 86.6. The quantitative estimate of drug-likeness (QED) is 0.0247. The number of unbranched alkanes of at least 4 members (excludes halogenated alkanes) is 12. The maximum atomic E-state index is 14.8. The highest BCUT2D eigenvalue weighted by Gasteiger charge is 2.48. The molecule has 3 aliphatic heterocycles. The van der Waals surface area contributed by atoms with Gasteiger partial charge in [-0.05, 0) is 110 Å². The monoisotopic (exact) mass is 1680 g/mol. The Morgan fingerprint density at radius 1 is 0.556 bits per heavy atom. The van der Waals surface area contributed by atoms with Crippen molar-refractivity contribution >= 4 is 101 Å².